The molecule has 1 aromatic heterocycles. The van der Waals surface area contributed by atoms with Gasteiger partial charge in [0.1, 0.15) is 16.4 Å². The van der Waals surface area contributed by atoms with Crippen molar-refractivity contribution in [1.82, 2.24) is 4.98 Å². The second-order valence-electron chi connectivity index (χ2n) is 6.70. The number of nitrogens with one attached hydrogen (secondary N) is 2. The minimum atomic E-state index is -0.836. The molecule has 1 aromatic rings. The van der Waals surface area contributed by atoms with Gasteiger partial charge in [-0.1, -0.05) is 56.3 Å². The van der Waals surface area contributed by atoms with E-state index in [0.717, 1.165) is 5.57 Å². The number of rotatable bonds is 7. The van der Waals surface area contributed by atoms with Crippen LogP contribution in [0.3, 0.4) is 0 Å². The number of aromatic nitrogens is 1. The number of allylic oxidation sites excluding steroid dienone is 3. The highest BCUT2D eigenvalue weighted by atomic mass is 35.5. The van der Waals surface area contributed by atoms with Crippen LogP contribution < -0.4 is 10.6 Å². The van der Waals surface area contributed by atoms with Crippen LogP contribution >= 0.6 is 11.6 Å². The first-order chi connectivity index (χ1) is 13.4. The van der Waals surface area contributed by atoms with Gasteiger partial charge in [-0.05, 0) is 33.3 Å². The highest BCUT2D eigenvalue weighted by Crippen LogP contribution is 2.34. The van der Waals surface area contributed by atoms with E-state index in [0.29, 0.717) is 5.57 Å². The number of pyridine rings is 1. The summed E-state index contributed by atoms with van der Waals surface area (Å²) in [7, 11) is 0. The minimum absolute atomic E-state index is 0.0220. The van der Waals surface area contributed by atoms with Gasteiger partial charge in [-0.15, -0.1) is 0 Å². The fourth-order valence-electron chi connectivity index (χ4n) is 1.97. The lowest BCUT2D eigenvalue weighted by Gasteiger charge is -2.20. The van der Waals surface area contributed by atoms with Crippen molar-refractivity contribution in [3.63, 3.8) is 0 Å². The SMILES string of the molecule is C=CC(=C)/C=C(\C)CNc1nc(Cl)cc(NC(=O)OC(C)(C)C)c1[N+](=O)[O-].CC. The molecule has 0 radical (unpaired) electrons. The third kappa shape index (κ3) is 9.75. The molecule has 1 rings (SSSR count). The molecule has 1 heterocycles. The van der Waals surface area contributed by atoms with Crippen molar-refractivity contribution in [2.24, 2.45) is 0 Å². The Kier molecular flexibility index (Phi) is 10.7. The van der Waals surface area contributed by atoms with Gasteiger partial charge in [-0.2, -0.15) is 0 Å². The van der Waals surface area contributed by atoms with Crippen molar-refractivity contribution < 1.29 is 14.5 Å². The Balaban J connectivity index is 0.00000379. The van der Waals surface area contributed by atoms with Gasteiger partial charge in [0.2, 0.25) is 5.82 Å². The first-order valence-electron chi connectivity index (χ1n) is 9.00. The van der Waals surface area contributed by atoms with Crippen LogP contribution in [0, 0.1) is 10.1 Å². The van der Waals surface area contributed by atoms with Gasteiger partial charge in [0.15, 0.2) is 0 Å². The van der Waals surface area contributed by atoms with Gasteiger partial charge in [-0.25, -0.2) is 9.78 Å². The number of hydrogen-bond acceptors (Lipinski definition) is 6. The molecule has 0 spiro atoms. The van der Waals surface area contributed by atoms with Crippen LogP contribution in [-0.4, -0.2) is 28.1 Å². The molecule has 8 nitrogen and oxygen atoms in total. The summed E-state index contributed by atoms with van der Waals surface area (Å²) >= 11 is 5.96. The number of carbonyl (C=O) groups excluding carboxylic acids is 1. The first-order valence-corrected chi connectivity index (χ1v) is 9.38. The quantitative estimate of drug-likeness (QED) is 0.236. The van der Waals surface area contributed by atoms with E-state index >= 15 is 0 Å². The van der Waals surface area contributed by atoms with Gasteiger partial charge < -0.3 is 10.1 Å². The van der Waals surface area contributed by atoms with Crippen LogP contribution in [0.1, 0.15) is 41.5 Å². The molecule has 0 atom stereocenters. The van der Waals surface area contributed by atoms with Crippen LogP contribution in [0.5, 0.6) is 0 Å². The standard InChI is InChI=1S/C18H23ClN4O4.C2H6/c1-7-11(2)8-12(3)10-20-16-15(23(25)26)13(9-14(19)22-16)21-17(24)27-18(4,5)6;1-2/h7-9H,1-2,10H2,3-6H3,(H2,20,21,22,24);1-2H3/b12-8+;. The van der Waals surface area contributed by atoms with Crippen LogP contribution in [0.4, 0.5) is 22.0 Å². The van der Waals surface area contributed by atoms with Gasteiger partial charge >= 0.3 is 11.8 Å². The molecule has 0 aliphatic rings. The van der Waals surface area contributed by atoms with E-state index in [-0.39, 0.29) is 23.2 Å². The normalized spacial score (nSPS) is 10.9. The molecule has 0 unspecified atom stereocenters. The number of anilines is 2. The van der Waals surface area contributed by atoms with Crippen molar-refractivity contribution in [2.75, 3.05) is 17.2 Å². The summed E-state index contributed by atoms with van der Waals surface area (Å²) in [5.41, 5.74) is 0.258. The van der Waals surface area contributed by atoms with Crippen molar-refractivity contribution in [1.29, 1.82) is 0 Å². The van der Waals surface area contributed by atoms with E-state index in [4.69, 9.17) is 16.3 Å². The molecule has 0 bridgehead atoms. The summed E-state index contributed by atoms with van der Waals surface area (Å²) in [4.78, 5) is 26.8. The topological polar surface area (TPSA) is 106 Å². The Bertz CT molecular complexity index is 798. The predicted octanol–water partition coefficient (Wildman–Crippen LogP) is 6.12. The fraction of sp³-hybridized carbons (Fsp3) is 0.400. The molecule has 160 valence electrons. The fourth-order valence-corrected chi connectivity index (χ4v) is 2.17. The second-order valence-corrected chi connectivity index (χ2v) is 7.08. The molecule has 1 amide bonds. The van der Waals surface area contributed by atoms with E-state index in [2.05, 4.69) is 28.8 Å². The molecule has 0 aromatic carbocycles. The average molecular weight is 425 g/mol. The van der Waals surface area contributed by atoms with Crippen LogP contribution in [0.2, 0.25) is 5.15 Å². The maximum Gasteiger partial charge on any atom is 0.412 e. The molecular formula is C20H29ClN4O4. The smallest absolute Gasteiger partial charge is 0.412 e. The lowest BCUT2D eigenvalue weighted by molar-refractivity contribution is -0.383. The second kappa shape index (κ2) is 11.9. The van der Waals surface area contributed by atoms with Crippen molar-refractivity contribution in [2.45, 2.75) is 47.1 Å². The summed E-state index contributed by atoms with van der Waals surface area (Å²) < 4.78 is 5.13. The Morgan fingerprint density at radius 1 is 1.41 bits per heavy atom. The molecule has 0 fully saturated rings. The Morgan fingerprint density at radius 2 is 2.00 bits per heavy atom. The maximum atomic E-state index is 12.0. The maximum absolute atomic E-state index is 12.0. The zero-order chi connectivity index (χ0) is 22.8. The summed E-state index contributed by atoms with van der Waals surface area (Å²) in [5, 5.41) is 16.7. The number of ether oxygens (including phenoxy) is 1. The number of hydrogen-bond donors (Lipinski definition) is 2. The summed E-state index contributed by atoms with van der Waals surface area (Å²) in [6, 6.07) is 1.19. The van der Waals surface area contributed by atoms with Crippen molar-refractivity contribution in [3.8, 4) is 0 Å². The molecule has 0 saturated heterocycles. The van der Waals surface area contributed by atoms with E-state index < -0.39 is 22.3 Å². The molecule has 0 aliphatic carbocycles. The number of nitrogens with zero attached hydrogens (tertiary/aromatic N) is 2. The Morgan fingerprint density at radius 3 is 2.48 bits per heavy atom. The lowest BCUT2D eigenvalue weighted by Crippen LogP contribution is -2.27. The predicted molar refractivity (Wildman–Crippen MR) is 119 cm³/mol. The molecule has 0 aliphatic heterocycles. The van der Waals surface area contributed by atoms with Gasteiger partial charge in [0, 0.05) is 12.6 Å². The van der Waals surface area contributed by atoms with Gasteiger partial charge in [0.05, 0.1) is 4.92 Å². The van der Waals surface area contributed by atoms with E-state index in [1.807, 2.05) is 20.8 Å². The number of carbonyl (C=O) groups is 1. The van der Waals surface area contributed by atoms with E-state index in [9.17, 15) is 14.9 Å². The number of halogens is 1. The van der Waals surface area contributed by atoms with Crippen LogP contribution in [0.25, 0.3) is 0 Å². The monoisotopic (exact) mass is 424 g/mol. The minimum Gasteiger partial charge on any atom is -0.444 e. The zero-order valence-electron chi connectivity index (χ0n) is 17.8. The number of nitro groups is 1. The average Bonchev–Trinajstić information content (AvgIpc) is 2.59. The third-order valence-electron chi connectivity index (χ3n) is 3.01. The summed E-state index contributed by atoms with van der Waals surface area (Å²) in [5.74, 6) is -0.0736. The molecule has 2 N–H and O–H groups in total. The lowest BCUT2D eigenvalue weighted by atomic mass is 10.2. The van der Waals surface area contributed by atoms with E-state index in [1.54, 1.807) is 32.9 Å². The molecule has 9 heteroatoms. The Hall–Kier alpha value is -2.87. The molecule has 29 heavy (non-hydrogen) atoms. The van der Waals surface area contributed by atoms with Crippen molar-refractivity contribution in [3.05, 3.63) is 57.8 Å². The summed E-state index contributed by atoms with van der Waals surface area (Å²) in [6.07, 6.45) is 2.53. The summed E-state index contributed by atoms with van der Waals surface area (Å²) in [6.45, 7) is 18.5. The number of amides is 1. The van der Waals surface area contributed by atoms with Crippen molar-refractivity contribution >= 4 is 34.9 Å². The Labute approximate surface area is 176 Å². The van der Waals surface area contributed by atoms with Gasteiger partial charge in [-0.3, -0.25) is 15.4 Å². The van der Waals surface area contributed by atoms with Crippen LogP contribution in [0.15, 0.2) is 42.5 Å². The largest absolute Gasteiger partial charge is 0.444 e. The molecular weight excluding hydrogens is 396 g/mol. The highest BCUT2D eigenvalue weighted by molar-refractivity contribution is 6.30. The zero-order valence-corrected chi connectivity index (χ0v) is 18.5. The molecule has 0 saturated carbocycles. The van der Waals surface area contributed by atoms with Crippen LogP contribution in [-0.2, 0) is 4.74 Å². The third-order valence-corrected chi connectivity index (χ3v) is 3.20. The highest BCUT2D eigenvalue weighted by Gasteiger charge is 2.26. The van der Waals surface area contributed by atoms with E-state index in [1.165, 1.54) is 6.07 Å². The first kappa shape index (κ1) is 26.1. The van der Waals surface area contributed by atoms with Gasteiger partial charge in [0.25, 0.3) is 0 Å².